The van der Waals surface area contributed by atoms with E-state index < -0.39 is 11.9 Å². The van der Waals surface area contributed by atoms with E-state index in [1.165, 1.54) is 28.7 Å². The number of carboxylic acid groups (broad SMARTS) is 1. The molecule has 0 saturated carbocycles. The molecule has 1 N–H and O–H groups in total. The van der Waals surface area contributed by atoms with Gasteiger partial charge in [0.1, 0.15) is 0 Å². The van der Waals surface area contributed by atoms with Crippen LogP contribution in [0.15, 0.2) is 59.3 Å². The Morgan fingerprint density at radius 3 is 1.81 bits per heavy atom. The van der Waals surface area contributed by atoms with E-state index in [0.717, 1.165) is 0 Å². The quantitative estimate of drug-likeness (QED) is 0.546. The van der Waals surface area contributed by atoms with Crippen molar-refractivity contribution in [1.29, 1.82) is 0 Å². The molecule has 132 valence electrons. The largest absolute Gasteiger partial charge is 0.478 e. The molecule has 0 spiro atoms. The molecule has 2 aromatic heterocycles. The zero-order valence-corrected chi connectivity index (χ0v) is 15.4. The minimum absolute atomic E-state index is 0.0795. The maximum Gasteiger partial charge on any atom is 0.335 e. The van der Waals surface area contributed by atoms with Crippen LogP contribution in [0.5, 0.6) is 0 Å². The number of carbonyl (C=O) groups excluding carboxylic acids is 2. The molecule has 3 aromatic rings. The van der Waals surface area contributed by atoms with Crippen LogP contribution in [0.3, 0.4) is 0 Å². The lowest BCUT2D eigenvalue weighted by molar-refractivity contribution is 0.0692. The molecule has 6 heteroatoms. The monoisotopic (exact) mass is 384 g/mol. The molecule has 2 heterocycles. The highest BCUT2D eigenvalue weighted by atomic mass is 32.1. The number of ketones is 2. The summed E-state index contributed by atoms with van der Waals surface area (Å²) in [4.78, 5) is 38.0. The second-order valence-corrected chi connectivity index (χ2v) is 7.69. The second-order valence-electron chi connectivity index (χ2n) is 5.80. The Labute approximate surface area is 158 Å². The Bertz CT molecular complexity index is 863. The van der Waals surface area contributed by atoms with Gasteiger partial charge >= 0.3 is 5.97 Å². The molecular formula is C20H16O4S2. The Balaban J connectivity index is 1.92. The van der Waals surface area contributed by atoms with Crippen LogP contribution < -0.4 is 0 Å². The topological polar surface area (TPSA) is 71.4 Å². The summed E-state index contributed by atoms with van der Waals surface area (Å²) in [6, 6.07) is 13.7. The highest BCUT2D eigenvalue weighted by Gasteiger charge is 2.25. The lowest BCUT2D eigenvalue weighted by Gasteiger charge is -2.18. The highest BCUT2D eigenvalue weighted by Crippen LogP contribution is 2.31. The predicted molar refractivity (Wildman–Crippen MR) is 103 cm³/mol. The molecule has 0 amide bonds. The molecule has 1 aromatic carbocycles. The zero-order chi connectivity index (χ0) is 18.5. The summed E-state index contributed by atoms with van der Waals surface area (Å²) in [5, 5.41) is 13.1. The Morgan fingerprint density at radius 1 is 0.808 bits per heavy atom. The highest BCUT2D eigenvalue weighted by molar-refractivity contribution is 7.12. The maximum absolute atomic E-state index is 12.6. The maximum atomic E-state index is 12.6. The van der Waals surface area contributed by atoms with Gasteiger partial charge in [0.15, 0.2) is 11.6 Å². The molecule has 3 rings (SSSR count). The first-order chi connectivity index (χ1) is 12.6. The van der Waals surface area contributed by atoms with Crippen LogP contribution in [-0.4, -0.2) is 22.6 Å². The summed E-state index contributed by atoms with van der Waals surface area (Å²) in [5.74, 6) is -1.70. The summed E-state index contributed by atoms with van der Waals surface area (Å²) in [6.07, 6.45) is 0.198. The van der Waals surface area contributed by atoms with Gasteiger partial charge in [-0.2, -0.15) is 0 Å². The molecule has 4 nitrogen and oxygen atoms in total. The molecule has 0 bridgehead atoms. The normalized spacial score (nSPS) is 10.8. The van der Waals surface area contributed by atoms with Gasteiger partial charge in [0.25, 0.3) is 0 Å². The van der Waals surface area contributed by atoms with Crippen molar-refractivity contribution in [3.8, 4) is 0 Å². The summed E-state index contributed by atoms with van der Waals surface area (Å²) in [5.41, 5.74) is 0.658. The first-order valence-corrected chi connectivity index (χ1v) is 9.78. The van der Waals surface area contributed by atoms with E-state index in [4.69, 9.17) is 0 Å². The fourth-order valence-corrected chi connectivity index (χ4v) is 4.21. The number of hydrogen-bond donors (Lipinski definition) is 1. The summed E-state index contributed by atoms with van der Waals surface area (Å²) in [7, 11) is 0. The van der Waals surface area contributed by atoms with Gasteiger partial charge in [0.05, 0.1) is 15.3 Å². The molecule has 0 aliphatic heterocycles. The van der Waals surface area contributed by atoms with Crippen LogP contribution in [0, 0.1) is 0 Å². The van der Waals surface area contributed by atoms with Crippen LogP contribution in [0.2, 0.25) is 0 Å². The van der Waals surface area contributed by atoms with Gasteiger partial charge in [0.2, 0.25) is 0 Å². The van der Waals surface area contributed by atoms with E-state index in [9.17, 15) is 19.5 Å². The van der Waals surface area contributed by atoms with Crippen LogP contribution in [0.4, 0.5) is 0 Å². The van der Waals surface area contributed by atoms with Crippen LogP contribution >= 0.6 is 22.7 Å². The number of thiophene rings is 2. The van der Waals surface area contributed by atoms with Gasteiger partial charge in [-0.15, -0.1) is 22.7 Å². The second kappa shape index (κ2) is 8.21. The Kier molecular flexibility index (Phi) is 5.75. The molecule has 0 atom stereocenters. The van der Waals surface area contributed by atoms with Crippen LogP contribution in [-0.2, 0) is 0 Å². The van der Waals surface area contributed by atoms with Crippen molar-refractivity contribution in [3.05, 3.63) is 80.2 Å². The van der Waals surface area contributed by atoms with E-state index in [1.807, 2.05) is 10.8 Å². The van der Waals surface area contributed by atoms with Crippen LogP contribution in [0.25, 0.3) is 0 Å². The van der Waals surface area contributed by atoms with Crippen molar-refractivity contribution in [1.82, 2.24) is 0 Å². The third-order valence-electron chi connectivity index (χ3n) is 4.09. The van der Waals surface area contributed by atoms with Gasteiger partial charge in [-0.1, -0.05) is 30.3 Å². The van der Waals surface area contributed by atoms with E-state index in [1.54, 1.807) is 42.5 Å². The molecule has 26 heavy (non-hydrogen) atoms. The Hall–Kier alpha value is -2.57. The third kappa shape index (κ3) is 4.15. The van der Waals surface area contributed by atoms with Gasteiger partial charge in [-0.05, 0) is 40.4 Å². The zero-order valence-electron chi connectivity index (χ0n) is 13.8. The van der Waals surface area contributed by atoms with Gasteiger partial charge in [-0.3, -0.25) is 9.59 Å². The summed E-state index contributed by atoms with van der Waals surface area (Å²) in [6.45, 7) is 0. The van der Waals surface area contributed by atoms with E-state index in [-0.39, 0.29) is 30.0 Å². The van der Waals surface area contributed by atoms with E-state index >= 15 is 0 Å². The number of benzene rings is 1. The number of carboxylic acids is 1. The minimum Gasteiger partial charge on any atom is -0.478 e. The van der Waals surface area contributed by atoms with Crippen molar-refractivity contribution >= 4 is 40.2 Å². The first kappa shape index (κ1) is 18.2. The molecule has 0 fully saturated rings. The van der Waals surface area contributed by atoms with E-state index in [2.05, 4.69) is 0 Å². The summed E-state index contributed by atoms with van der Waals surface area (Å²) < 4.78 is 0. The minimum atomic E-state index is -1.06. The molecule has 0 aliphatic rings. The Morgan fingerprint density at radius 2 is 1.35 bits per heavy atom. The van der Waals surface area contributed by atoms with Gasteiger partial charge < -0.3 is 5.11 Å². The number of aromatic carboxylic acids is 1. The van der Waals surface area contributed by atoms with Gasteiger partial charge in [-0.25, -0.2) is 4.79 Å². The molecule has 0 saturated heterocycles. The smallest absolute Gasteiger partial charge is 0.335 e. The summed E-state index contributed by atoms with van der Waals surface area (Å²) >= 11 is 2.69. The number of hydrogen-bond acceptors (Lipinski definition) is 5. The van der Waals surface area contributed by atoms with E-state index in [0.29, 0.717) is 15.3 Å². The average Bonchev–Trinajstić information content (AvgIpc) is 3.34. The average molecular weight is 384 g/mol. The van der Waals surface area contributed by atoms with Crippen LogP contribution in [0.1, 0.15) is 54.0 Å². The van der Waals surface area contributed by atoms with Crippen molar-refractivity contribution in [3.63, 3.8) is 0 Å². The first-order valence-electron chi connectivity index (χ1n) is 8.02. The van der Waals surface area contributed by atoms with Crippen molar-refractivity contribution < 1.29 is 19.5 Å². The van der Waals surface area contributed by atoms with Crippen molar-refractivity contribution in [2.24, 2.45) is 0 Å². The van der Waals surface area contributed by atoms with Crippen molar-refractivity contribution in [2.45, 2.75) is 18.8 Å². The standard InChI is InChI=1S/C20H16O4S2/c21-16(18-7-3-9-25-18)11-13(12-17(22)19-8-4-10-26-19)14-5-1-2-6-15(14)20(23)24/h1-10,13H,11-12H2,(H,23,24). The fourth-order valence-electron chi connectivity index (χ4n) is 2.86. The lowest BCUT2D eigenvalue weighted by atomic mass is 9.85. The fraction of sp³-hybridized carbons (Fsp3) is 0.150. The third-order valence-corrected chi connectivity index (χ3v) is 5.91. The van der Waals surface area contributed by atoms with Crippen molar-refractivity contribution in [2.75, 3.05) is 0 Å². The molecule has 0 aliphatic carbocycles. The SMILES string of the molecule is O=C(CC(CC(=O)c1cccs1)c1ccccc1C(=O)O)c1cccs1. The predicted octanol–water partition coefficient (Wildman–Crippen LogP) is 5.14. The molecule has 0 unspecified atom stereocenters. The molecular weight excluding hydrogens is 368 g/mol. The lowest BCUT2D eigenvalue weighted by Crippen LogP contribution is -2.15. The number of carbonyl (C=O) groups is 3. The molecule has 0 radical (unpaired) electrons. The number of Topliss-reactive ketones (excluding diaryl/α,β-unsaturated/α-hetero) is 2. The van der Waals surface area contributed by atoms with Gasteiger partial charge in [0, 0.05) is 12.8 Å². The number of rotatable bonds is 8.